The lowest BCUT2D eigenvalue weighted by Crippen LogP contribution is -2.18. The Balaban J connectivity index is 2.05. The maximum absolute atomic E-state index is 11.1. The van der Waals surface area contributed by atoms with Crippen molar-refractivity contribution in [1.29, 1.82) is 0 Å². The summed E-state index contributed by atoms with van der Waals surface area (Å²) in [5, 5.41) is 21.0. The Bertz CT molecular complexity index is 684. The predicted molar refractivity (Wildman–Crippen MR) is 73.7 cm³/mol. The van der Waals surface area contributed by atoms with E-state index in [2.05, 4.69) is 15.5 Å². The van der Waals surface area contributed by atoms with Crippen LogP contribution in [0.3, 0.4) is 0 Å². The van der Waals surface area contributed by atoms with Gasteiger partial charge >= 0.3 is 5.97 Å². The summed E-state index contributed by atoms with van der Waals surface area (Å²) in [4.78, 5) is 11.1. The second-order valence-electron chi connectivity index (χ2n) is 5.66. The predicted octanol–water partition coefficient (Wildman–Crippen LogP) is 2.28. The van der Waals surface area contributed by atoms with Crippen molar-refractivity contribution in [2.24, 2.45) is 5.92 Å². The number of aromatic nitrogens is 4. The molecule has 0 aromatic carbocycles. The van der Waals surface area contributed by atoms with Crippen LogP contribution in [-0.4, -0.2) is 31.3 Å². The van der Waals surface area contributed by atoms with Crippen molar-refractivity contribution in [2.45, 2.75) is 46.1 Å². The Kier molecular flexibility index (Phi) is 3.27. The van der Waals surface area contributed by atoms with Gasteiger partial charge < -0.3 is 9.52 Å². The molecule has 2 aromatic heterocycles. The van der Waals surface area contributed by atoms with Gasteiger partial charge in [-0.25, -0.2) is 4.68 Å². The molecule has 7 nitrogen and oxygen atoms in total. The third-order valence-electron chi connectivity index (χ3n) is 4.14. The van der Waals surface area contributed by atoms with Crippen molar-refractivity contribution in [3.63, 3.8) is 0 Å². The first-order valence-electron chi connectivity index (χ1n) is 7.05. The molecule has 0 aliphatic heterocycles. The van der Waals surface area contributed by atoms with Crippen LogP contribution < -0.4 is 0 Å². The largest absolute Gasteiger partial charge is 0.481 e. The molecule has 0 radical (unpaired) electrons. The molecule has 112 valence electrons. The lowest BCUT2D eigenvalue weighted by atomic mass is 10.1. The van der Waals surface area contributed by atoms with Gasteiger partial charge in [0.2, 0.25) is 0 Å². The van der Waals surface area contributed by atoms with Gasteiger partial charge in [-0.05, 0) is 50.0 Å². The summed E-state index contributed by atoms with van der Waals surface area (Å²) < 4.78 is 7.30. The number of carboxylic acid groups (broad SMARTS) is 1. The fraction of sp³-hybridized carbons (Fsp3) is 0.571. The van der Waals surface area contributed by atoms with Crippen LogP contribution in [0.5, 0.6) is 0 Å². The zero-order chi connectivity index (χ0) is 15.1. The summed E-state index contributed by atoms with van der Waals surface area (Å²) in [6, 6.07) is -0.193. The van der Waals surface area contributed by atoms with E-state index in [0.29, 0.717) is 11.7 Å². The van der Waals surface area contributed by atoms with Crippen LogP contribution in [0.15, 0.2) is 4.42 Å². The first-order valence-corrected chi connectivity index (χ1v) is 7.05. The van der Waals surface area contributed by atoms with E-state index in [1.807, 2.05) is 20.8 Å². The second kappa shape index (κ2) is 4.98. The monoisotopic (exact) mass is 290 g/mol. The Hall–Kier alpha value is -2.18. The number of carbonyl (C=O) groups is 1. The molecule has 0 amide bonds. The van der Waals surface area contributed by atoms with E-state index in [0.717, 1.165) is 35.5 Å². The second-order valence-corrected chi connectivity index (χ2v) is 5.66. The van der Waals surface area contributed by atoms with Crippen molar-refractivity contribution in [2.75, 3.05) is 0 Å². The Morgan fingerprint density at radius 3 is 2.62 bits per heavy atom. The van der Waals surface area contributed by atoms with Gasteiger partial charge in [0.25, 0.3) is 0 Å². The lowest BCUT2D eigenvalue weighted by Gasteiger charge is -2.15. The van der Waals surface area contributed by atoms with E-state index in [4.69, 9.17) is 9.52 Å². The molecule has 21 heavy (non-hydrogen) atoms. The molecular weight excluding hydrogens is 272 g/mol. The number of nitrogens with zero attached hydrogens (tertiary/aromatic N) is 4. The molecule has 2 aromatic rings. The number of hydrogen-bond acceptors (Lipinski definition) is 5. The minimum absolute atomic E-state index is 0.0393. The van der Waals surface area contributed by atoms with Gasteiger partial charge in [-0.1, -0.05) is 0 Å². The van der Waals surface area contributed by atoms with Crippen LogP contribution in [0.25, 0.3) is 11.4 Å². The zero-order valence-electron chi connectivity index (χ0n) is 12.3. The van der Waals surface area contributed by atoms with Crippen molar-refractivity contribution in [3.8, 4) is 11.4 Å². The molecule has 7 heteroatoms. The fourth-order valence-corrected chi connectivity index (χ4v) is 2.82. The van der Waals surface area contributed by atoms with E-state index < -0.39 is 5.97 Å². The molecule has 0 spiro atoms. The topological polar surface area (TPSA) is 94.0 Å². The third kappa shape index (κ3) is 2.43. The number of aliphatic carboxylic acids is 1. The van der Waals surface area contributed by atoms with E-state index in [1.54, 1.807) is 4.68 Å². The highest BCUT2D eigenvalue weighted by Crippen LogP contribution is 2.43. The van der Waals surface area contributed by atoms with Crippen LogP contribution >= 0.6 is 0 Å². The standard InChI is InChI=1S/C14H18N4O3/c1-7-8(2)21-9(3)13(7)14-15-16-17-18(14)11(6-12(19)20)10-4-5-10/h10-11H,4-6H2,1-3H3,(H,19,20). The Morgan fingerprint density at radius 2 is 2.10 bits per heavy atom. The van der Waals surface area contributed by atoms with Gasteiger partial charge in [0, 0.05) is 5.56 Å². The van der Waals surface area contributed by atoms with E-state index >= 15 is 0 Å². The lowest BCUT2D eigenvalue weighted by molar-refractivity contribution is -0.138. The molecule has 0 bridgehead atoms. The Labute approximate surface area is 122 Å². The average Bonchev–Trinajstić information content (AvgIpc) is 3.09. The fourth-order valence-electron chi connectivity index (χ4n) is 2.82. The van der Waals surface area contributed by atoms with Crippen LogP contribution in [0.1, 0.15) is 42.4 Å². The summed E-state index contributed by atoms with van der Waals surface area (Å²) in [5.41, 5.74) is 1.86. The first kappa shape index (κ1) is 13.8. The SMILES string of the molecule is Cc1oc(C)c(-c2nnnn2C(CC(=O)O)C2CC2)c1C. The van der Waals surface area contributed by atoms with Gasteiger partial charge in [-0.15, -0.1) is 5.10 Å². The van der Waals surface area contributed by atoms with Crippen LogP contribution in [0.4, 0.5) is 0 Å². The Morgan fingerprint density at radius 1 is 1.38 bits per heavy atom. The molecule has 1 unspecified atom stereocenters. The number of tetrazole rings is 1. The highest BCUT2D eigenvalue weighted by atomic mass is 16.4. The smallest absolute Gasteiger partial charge is 0.305 e. The maximum Gasteiger partial charge on any atom is 0.305 e. The van der Waals surface area contributed by atoms with Gasteiger partial charge in [-0.2, -0.15) is 0 Å². The molecule has 3 rings (SSSR count). The first-order chi connectivity index (χ1) is 9.99. The maximum atomic E-state index is 11.1. The molecule has 1 aliphatic rings. The number of hydrogen-bond donors (Lipinski definition) is 1. The number of aryl methyl sites for hydroxylation is 2. The zero-order valence-corrected chi connectivity index (χ0v) is 12.3. The summed E-state index contributed by atoms with van der Waals surface area (Å²) in [6.45, 7) is 5.73. The average molecular weight is 290 g/mol. The minimum Gasteiger partial charge on any atom is -0.481 e. The van der Waals surface area contributed by atoms with E-state index in [1.165, 1.54) is 0 Å². The quantitative estimate of drug-likeness (QED) is 0.907. The van der Waals surface area contributed by atoms with E-state index in [9.17, 15) is 4.79 Å². The van der Waals surface area contributed by atoms with Crippen molar-refractivity contribution in [3.05, 3.63) is 17.1 Å². The summed E-state index contributed by atoms with van der Waals surface area (Å²) in [7, 11) is 0. The highest BCUT2D eigenvalue weighted by molar-refractivity contribution is 5.68. The van der Waals surface area contributed by atoms with Crippen LogP contribution in [-0.2, 0) is 4.79 Å². The number of furan rings is 1. The molecule has 1 aliphatic carbocycles. The molecule has 1 saturated carbocycles. The highest BCUT2D eigenvalue weighted by Gasteiger charge is 2.37. The van der Waals surface area contributed by atoms with Gasteiger partial charge in [-0.3, -0.25) is 4.79 Å². The molecule has 0 saturated heterocycles. The van der Waals surface area contributed by atoms with Crippen molar-refractivity contribution < 1.29 is 14.3 Å². The molecule has 1 atom stereocenters. The minimum atomic E-state index is -0.829. The van der Waals surface area contributed by atoms with Gasteiger partial charge in [0.05, 0.1) is 18.0 Å². The summed E-state index contributed by atoms with van der Waals surface area (Å²) in [5.74, 6) is 1.70. The third-order valence-corrected chi connectivity index (χ3v) is 4.14. The number of rotatable bonds is 5. The normalized spacial score (nSPS) is 16.1. The molecule has 1 fully saturated rings. The van der Waals surface area contributed by atoms with E-state index in [-0.39, 0.29) is 12.5 Å². The van der Waals surface area contributed by atoms with Crippen LogP contribution in [0.2, 0.25) is 0 Å². The van der Waals surface area contributed by atoms with Gasteiger partial charge in [0.15, 0.2) is 5.82 Å². The van der Waals surface area contributed by atoms with Crippen LogP contribution in [0, 0.1) is 26.7 Å². The number of carboxylic acids is 1. The molecule has 1 N–H and O–H groups in total. The van der Waals surface area contributed by atoms with Crippen molar-refractivity contribution in [1.82, 2.24) is 20.2 Å². The molecule has 2 heterocycles. The summed E-state index contributed by atoms with van der Waals surface area (Å²) in [6.07, 6.45) is 2.09. The summed E-state index contributed by atoms with van der Waals surface area (Å²) >= 11 is 0. The molecular formula is C14H18N4O3. The van der Waals surface area contributed by atoms with Gasteiger partial charge in [0.1, 0.15) is 11.5 Å². The van der Waals surface area contributed by atoms with Crippen molar-refractivity contribution >= 4 is 5.97 Å².